The fourth-order valence-electron chi connectivity index (χ4n) is 11.5. The van der Waals surface area contributed by atoms with Crippen molar-refractivity contribution in [1.29, 1.82) is 0 Å². The number of para-hydroxylation sites is 1. The van der Waals surface area contributed by atoms with Gasteiger partial charge in [0.05, 0.1) is 24.7 Å². The molecule has 4 N–H and O–H groups in total. The van der Waals surface area contributed by atoms with Crippen LogP contribution in [0.5, 0.6) is 5.75 Å². The van der Waals surface area contributed by atoms with E-state index in [1.807, 2.05) is 148 Å². The molecule has 80 heavy (non-hydrogen) atoms. The minimum absolute atomic E-state index is 0.00376. The van der Waals surface area contributed by atoms with E-state index in [-0.39, 0.29) is 86.2 Å². The van der Waals surface area contributed by atoms with Crippen LogP contribution in [0.4, 0.5) is 0 Å². The van der Waals surface area contributed by atoms with Crippen LogP contribution in [0, 0.1) is 22.7 Å². The zero-order valence-corrected chi connectivity index (χ0v) is 49.3. The van der Waals surface area contributed by atoms with Crippen molar-refractivity contribution in [3.8, 4) is 5.75 Å². The summed E-state index contributed by atoms with van der Waals surface area (Å²) in [5.74, 6) is -2.33. The zero-order valence-electron chi connectivity index (χ0n) is 49.3. The average molecular weight is 1090 g/mol. The van der Waals surface area contributed by atoms with Gasteiger partial charge in [-0.15, -0.1) is 0 Å². The molecule has 15 heteroatoms. The maximum atomic E-state index is 15.7. The SMILES string of the molecule is CCOc1ccccc1[C@@H](C)N(Cc1ccc(C(=O)NC2C[C@@H](C(=O)NC3CCCc4ccccc43)N(C(=O)[C@@H](CC(=O)[C@H](C)NC)C(C)(C)C)C2)cc1)C(=O)[C@@H]1Cc2ccccc2CN1C(=O)[C@@H](NC(=O)[C@H](C)CC)C(C)(C)C. The molecule has 2 aliphatic heterocycles. The second-order valence-corrected chi connectivity index (χ2v) is 24.5. The van der Waals surface area contributed by atoms with Crippen LogP contribution in [0.3, 0.4) is 0 Å². The van der Waals surface area contributed by atoms with Crippen LogP contribution < -0.4 is 26.0 Å². The van der Waals surface area contributed by atoms with Crippen molar-refractivity contribution in [2.75, 3.05) is 20.2 Å². The Bertz CT molecular complexity index is 2870. The van der Waals surface area contributed by atoms with Crippen LogP contribution in [-0.4, -0.2) is 106 Å². The predicted octanol–water partition coefficient (Wildman–Crippen LogP) is 8.83. The zero-order chi connectivity index (χ0) is 58.2. The Morgan fingerprint density at radius 3 is 2.04 bits per heavy atom. The summed E-state index contributed by atoms with van der Waals surface area (Å²) in [5, 5.41) is 12.5. The topological polar surface area (TPSA) is 187 Å². The monoisotopic (exact) mass is 1090 g/mol. The van der Waals surface area contributed by atoms with Gasteiger partial charge in [-0.1, -0.05) is 134 Å². The molecule has 1 saturated heterocycles. The van der Waals surface area contributed by atoms with E-state index < -0.39 is 58.9 Å². The smallest absolute Gasteiger partial charge is 0.251 e. The number of nitrogens with zero attached hydrogens (tertiary/aromatic N) is 3. The third-order valence-electron chi connectivity index (χ3n) is 16.8. The van der Waals surface area contributed by atoms with Gasteiger partial charge in [-0.2, -0.15) is 0 Å². The van der Waals surface area contributed by atoms with E-state index in [1.165, 1.54) is 5.56 Å². The highest BCUT2D eigenvalue weighted by Gasteiger charge is 2.47. The van der Waals surface area contributed by atoms with Crippen molar-refractivity contribution in [3.05, 3.63) is 136 Å². The molecule has 6 amide bonds. The van der Waals surface area contributed by atoms with E-state index in [1.54, 1.807) is 40.8 Å². The van der Waals surface area contributed by atoms with Crippen LogP contribution in [0.15, 0.2) is 97.1 Å². The maximum Gasteiger partial charge on any atom is 0.251 e. The standard InChI is InChI=1S/C65H87N7O8/c1-13-40(3)58(74)69-57(65(9,10)11)63(79)71-38-47-24-16-15-23-46(47)34-54(71)62(78)70(42(5)49-26-19-20-29-56(49)80-14-2)37-43-30-32-45(33-31-43)59(75)67-48-35-53(60(76)68-52-28-21-25-44-22-17-18-27-50(44)52)72(39-48)61(77)51(64(6,7)8)36-55(73)41(4)66-12/h15-20,22-24,26-27,29-33,40-42,48,51-54,57,66H,13-14,21,25,28,34-39H2,1-12H3,(H,67,75)(H,68,76)(H,69,74)/t40-,41+,42-,48?,51-,52?,53+,54+,57-/m1/s1. The number of hydrogen-bond acceptors (Lipinski definition) is 9. The summed E-state index contributed by atoms with van der Waals surface area (Å²) in [5.41, 5.74) is 4.71. The van der Waals surface area contributed by atoms with E-state index in [0.29, 0.717) is 24.3 Å². The summed E-state index contributed by atoms with van der Waals surface area (Å²) >= 11 is 0. The van der Waals surface area contributed by atoms with Crippen LogP contribution in [0.1, 0.15) is 164 Å². The molecule has 0 bridgehead atoms. The maximum absolute atomic E-state index is 15.7. The number of benzene rings is 4. The molecule has 1 aliphatic carbocycles. The summed E-state index contributed by atoms with van der Waals surface area (Å²) < 4.78 is 6.11. The molecule has 0 radical (unpaired) electrons. The second kappa shape index (κ2) is 26.2. The molecule has 4 aromatic rings. The lowest BCUT2D eigenvalue weighted by molar-refractivity contribution is -0.152. The van der Waals surface area contributed by atoms with Crippen molar-refractivity contribution in [3.63, 3.8) is 0 Å². The summed E-state index contributed by atoms with van der Waals surface area (Å²) in [6, 6.07) is 26.1. The van der Waals surface area contributed by atoms with Gasteiger partial charge >= 0.3 is 0 Å². The molecule has 430 valence electrons. The number of aryl methyl sites for hydroxylation is 1. The average Bonchev–Trinajstić information content (AvgIpc) is 3.99. The van der Waals surface area contributed by atoms with Gasteiger partial charge < -0.3 is 40.7 Å². The Labute approximate surface area is 474 Å². The first-order valence-corrected chi connectivity index (χ1v) is 28.9. The number of hydrogen-bond donors (Lipinski definition) is 4. The van der Waals surface area contributed by atoms with Gasteiger partial charge in [-0.05, 0) is 117 Å². The summed E-state index contributed by atoms with van der Waals surface area (Å²) in [6.07, 6.45) is 3.64. The number of nitrogens with one attached hydrogen (secondary N) is 4. The summed E-state index contributed by atoms with van der Waals surface area (Å²) in [7, 11) is 1.71. The number of carbonyl (C=O) groups is 7. The number of likely N-dealkylation sites (N-methyl/N-ethyl adjacent to an activating group) is 1. The normalized spacial score (nSPS) is 19.9. The predicted molar refractivity (Wildman–Crippen MR) is 311 cm³/mol. The highest BCUT2D eigenvalue weighted by Crippen LogP contribution is 2.37. The Balaban J connectivity index is 1.16. The molecule has 4 aromatic carbocycles. The molecular formula is C65H87N7O8. The van der Waals surface area contributed by atoms with Crippen LogP contribution in [0.2, 0.25) is 0 Å². The van der Waals surface area contributed by atoms with E-state index >= 15 is 9.59 Å². The second-order valence-electron chi connectivity index (χ2n) is 24.5. The number of Topliss-reactive ketones (excluding diaryl/α,β-unsaturated/α-hetero) is 1. The van der Waals surface area contributed by atoms with Gasteiger partial charge in [-0.25, -0.2) is 0 Å². The first-order chi connectivity index (χ1) is 37.9. The molecule has 1 fully saturated rings. The van der Waals surface area contributed by atoms with Crippen molar-refractivity contribution in [2.45, 2.75) is 176 Å². The van der Waals surface area contributed by atoms with Crippen molar-refractivity contribution >= 4 is 41.2 Å². The van der Waals surface area contributed by atoms with Crippen molar-refractivity contribution < 1.29 is 38.3 Å². The van der Waals surface area contributed by atoms with Gasteiger partial charge in [0.15, 0.2) is 0 Å². The lowest BCUT2D eigenvalue weighted by Gasteiger charge is -2.43. The van der Waals surface area contributed by atoms with E-state index in [2.05, 4.69) is 27.3 Å². The minimum Gasteiger partial charge on any atom is -0.494 e. The fourth-order valence-corrected chi connectivity index (χ4v) is 11.5. The van der Waals surface area contributed by atoms with Gasteiger partial charge in [0.1, 0.15) is 29.7 Å². The molecular weight excluding hydrogens is 1010 g/mol. The van der Waals surface area contributed by atoms with E-state index in [0.717, 1.165) is 47.1 Å². The number of amides is 6. The number of carbonyl (C=O) groups excluding carboxylic acids is 7. The first kappa shape index (κ1) is 60.8. The quantitative estimate of drug-likeness (QED) is 0.0671. The number of rotatable bonds is 20. The van der Waals surface area contributed by atoms with Crippen LogP contribution in [0.25, 0.3) is 0 Å². The number of ether oxygens (including phenoxy) is 1. The van der Waals surface area contributed by atoms with Crippen LogP contribution >= 0.6 is 0 Å². The third-order valence-corrected chi connectivity index (χ3v) is 16.8. The molecule has 15 nitrogen and oxygen atoms in total. The first-order valence-electron chi connectivity index (χ1n) is 28.9. The number of fused-ring (bicyclic) bond motifs is 2. The highest BCUT2D eigenvalue weighted by atomic mass is 16.5. The van der Waals surface area contributed by atoms with Crippen molar-refractivity contribution in [1.82, 2.24) is 36.0 Å². The summed E-state index contributed by atoms with van der Waals surface area (Å²) in [6.45, 7) is 21.7. The van der Waals surface area contributed by atoms with Crippen LogP contribution in [-0.2, 0) is 54.7 Å². The molecule has 0 saturated carbocycles. The highest BCUT2D eigenvalue weighted by molar-refractivity contribution is 5.96. The van der Waals surface area contributed by atoms with Crippen molar-refractivity contribution in [2.24, 2.45) is 22.7 Å². The van der Waals surface area contributed by atoms with Gasteiger partial charge in [-0.3, -0.25) is 33.6 Å². The Hall–Kier alpha value is -6.87. The van der Waals surface area contributed by atoms with Gasteiger partial charge in [0.25, 0.3) is 5.91 Å². The third kappa shape index (κ3) is 14.2. The Morgan fingerprint density at radius 2 is 1.39 bits per heavy atom. The molecule has 2 heterocycles. The number of ketones is 1. The fraction of sp³-hybridized carbons (Fsp3) is 0.523. The largest absolute Gasteiger partial charge is 0.494 e. The molecule has 0 spiro atoms. The molecule has 7 rings (SSSR count). The summed E-state index contributed by atoms with van der Waals surface area (Å²) in [4.78, 5) is 106. The Morgan fingerprint density at radius 1 is 0.738 bits per heavy atom. The van der Waals surface area contributed by atoms with E-state index in [4.69, 9.17) is 4.74 Å². The lowest BCUT2D eigenvalue weighted by Crippen LogP contribution is -2.61. The molecule has 3 aliphatic rings. The van der Waals surface area contributed by atoms with E-state index in [9.17, 15) is 24.0 Å². The number of likely N-dealkylation sites (tertiary alicyclic amines) is 1. The molecule has 2 unspecified atom stereocenters. The molecule has 9 atom stereocenters. The lowest BCUT2D eigenvalue weighted by atomic mass is 9.76. The van der Waals surface area contributed by atoms with Gasteiger partial charge in [0, 0.05) is 61.5 Å². The molecule has 0 aromatic heterocycles. The Kier molecular flexibility index (Phi) is 19.9. The van der Waals surface area contributed by atoms with Gasteiger partial charge in [0.2, 0.25) is 29.5 Å². The minimum atomic E-state index is -0.923.